The molecule has 4 nitrogen and oxygen atoms in total. The number of para-hydroxylation sites is 7. The van der Waals surface area contributed by atoms with E-state index in [1.165, 1.54) is 89.6 Å². The molecule has 0 aliphatic carbocycles. The van der Waals surface area contributed by atoms with Crippen LogP contribution >= 0.6 is 0 Å². The molecule has 0 saturated heterocycles. The zero-order valence-electron chi connectivity index (χ0n) is 33.6. The fourth-order valence-electron chi connectivity index (χ4n) is 10.6. The Morgan fingerprint density at radius 2 is 0.883 bits per heavy atom. The Kier molecular flexibility index (Phi) is 7.83. The highest BCUT2D eigenvalue weighted by atomic mass is 15.2. The number of benzene rings is 8. The summed E-state index contributed by atoms with van der Waals surface area (Å²) in [7, 11) is 0. The van der Waals surface area contributed by atoms with Gasteiger partial charge in [0.25, 0.3) is 0 Å². The van der Waals surface area contributed by atoms with Crippen molar-refractivity contribution in [2.45, 2.75) is 13.8 Å². The predicted molar refractivity (Wildman–Crippen MR) is 256 cm³/mol. The fraction of sp³-hybridized carbons (Fsp3) is 0.0370. The van der Waals surface area contributed by atoms with Crippen LogP contribution < -0.4 is 41.3 Å². The lowest BCUT2D eigenvalue weighted by Gasteiger charge is -2.53. The molecule has 0 saturated carbocycles. The molecule has 4 aliphatic heterocycles. The summed E-state index contributed by atoms with van der Waals surface area (Å²) in [5.41, 5.74) is 22.1. The van der Waals surface area contributed by atoms with Gasteiger partial charge in [-0.2, -0.15) is 0 Å². The summed E-state index contributed by atoms with van der Waals surface area (Å²) in [6.45, 7) is 4.05. The van der Waals surface area contributed by atoms with Gasteiger partial charge < -0.3 is 19.4 Å². The van der Waals surface area contributed by atoms with Gasteiger partial charge in [0.05, 0.1) is 5.69 Å². The van der Waals surface area contributed by atoms with E-state index in [-0.39, 0.29) is 13.7 Å². The van der Waals surface area contributed by atoms with Crippen molar-refractivity contribution in [1.29, 1.82) is 0 Å². The second-order valence-corrected chi connectivity index (χ2v) is 15.9. The SMILES string of the molecule is C/C=C\C(=C/C)N(c1ccccc1)c1c2c3c4c5c1-c1ccccc1N(c1ccccc1)B5c1ccccc1N4c1ccccc1B3N(c1ccccc1)c1ccccc1-2. The van der Waals surface area contributed by atoms with Crippen molar-refractivity contribution in [1.82, 2.24) is 0 Å². The summed E-state index contributed by atoms with van der Waals surface area (Å²) < 4.78 is 0. The Hall–Kier alpha value is -7.43. The molecule has 12 rings (SSSR count). The second-order valence-electron chi connectivity index (χ2n) is 15.9. The first-order valence-corrected chi connectivity index (χ1v) is 21.0. The van der Waals surface area contributed by atoms with Crippen LogP contribution in [-0.4, -0.2) is 13.7 Å². The molecular formula is C54H40B2N4. The van der Waals surface area contributed by atoms with Gasteiger partial charge in [0, 0.05) is 73.4 Å². The fourth-order valence-corrected chi connectivity index (χ4v) is 10.6. The van der Waals surface area contributed by atoms with Gasteiger partial charge in [-0.1, -0.05) is 140 Å². The molecule has 0 amide bonds. The number of rotatable bonds is 6. The van der Waals surface area contributed by atoms with Gasteiger partial charge in [-0.25, -0.2) is 0 Å². The first-order chi connectivity index (χ1) is 29.8. The number of hydrogen-bond acceptors (Lipinski definition) is 4. The van der Waals surface area contributed by atoms with Crippen LogP contribution in [-0.2, 0) is 0 Å². The van der Waals surface area contributed by atoms with Crippen LogP contribution in [0.3, 0.4) is 0 Å². The first-order valence-electron chi connectivity index (χ1n) is 21.0. The highest BCUT2D eigenvalue weighted by Crippen LogP contribution is 2.57. The molecule has 0 N–H and O–H groups in total. The summed E-state index contributed by atoms with van der Waals surface area (Å²) in [6, 6.07) is 69.5. The van der Waals surface area contributed by atoms with Gasteiger partial charge in [0.2, 0.25) is 0 Å². The minimum atomic E-state index is -0.120. The molecule has 8 aromatic carbocycles. The van der Waals surface area contributed by atoms with Crippen LogP contribution in [0.25, 0.3) is 22.3 Å². The van der Waals surface area contributed by atoms with Crippen molar-refractivity contribution in [2.75, 3.05) is 19.4 Å². The van der Waals surface area contributed by atoms with E-state index >= 15 is 0 Å². The third-order valence-corrected chi connectivity index (χ3v) is 12.8. The Bertz CT molecular complexity index is 2890. The average Bonchev–Trinajstić information content (AvgIpc) is 3.32. The lowest BCUT2D eigenvalue weighted by Crippen LogP contribution is -2.69. The molecule has 0 radical (unpaired) electrons. The van der Waals surface area contributed by atoms with E-state index in [1.54, 1.807) is 0 Å². The van der Waals surface area contributed by atoms with E-state index in [1.807, 2.05) is 0 Å². The van der Waals surface area contributed by atoms with Crippen molar-refractivity contribution in [3.63, 3.8) is 0 Å². The van der Waals surface area contributed by atoms with E-state index in [0.29, 0.717) is 0 Å². The molecule has 0 spiro atoms. The quantitative estimate of drug-likeness (QED) is 0.123. The lowest BCUT2D eigenvalue weighted by atomic mass is 9.37. The number of fused-ring (bicyclic) bond motifs is 10. The minimum absolute atomic E-state index is 0.120. The number of allylic oxidation sites excluding steroid dienone is 3. The van der Waals surface area contributed by atoms with Crippen molar-refractivity contribution in [2.24, 2.45) is 0 Å². The number of anilines is 9. The van der Waals surface area contributed by atoms with Crippen LogP contribution in [0.1, 0.15) is 13.8 Å². The Morgan fingerprint density at radius 3 is 1.35 bits per heavy atom. The average molecular weight is 767 g/mol. The molecule has 0 fully saturated rings. The topological polar surface area (TPSA) is 13.0 Å². The smallest absolute Gasteiger partial charge is 0.333 e. The Labute approximate surface area is 352 Å². The summed E-state index contributed by atoms with van der Waals surface area (Å²) in [4.78, 5) is 10.4. The maximum absolute atomic E-state index is 2.61. The van der Waals surface area contributed by atoms with Crippen LogP contribution in [0.5, 0.6) is 0 Å². The summed E-state index contributed by atoms with van der Waals surface area (Å²) in [5.74, 6) is 0. The summed E-state index contributed by atoms with van der Waals surface area (Å²) in [5, 5.41) is 0. The van der Waals surface area contributed by atoms with Gasteiger partial charge in [-0.05, 0) is 102 Å². The molecule has 8 aromatic rings. The second kappa shape index (κ2) is 13.6. The van der Waals surface area contributed by atoms with Crippen molar-refractivity contribution in [3.05, 3.63) is 212 Å². The monoisotopic (exact) mass is 766 g/mol. The zero-order chi connectivity index (χ0) is 39.9. The standard InChI is InChI=1S/C54H40B2N4/c1-3-22-37(4-2)57(38-23-8-5-9-24-38)53-49-41-29-14-18-33-45(41)59(39-25-10-6-11-26-39)55-43-31-16-20-35-47(43)58-48-36-21-17-32-44(48)56-52(54(58)51(49)55)50(53)42-30-15-19-34-46(42)60(56)40-27-12-7-13-28-40/h3-36H,1-2H3/b22-3-,37-4+. The van der Waals surface area contributed by atoms with Crippen LogP contribution in [0.2, 0.25) is 0 Å². The van der Waals surface area contributed by atoms with E-state index in [2.05, 4.69) is 240 Å². The predicted octanol–water partition coefficient (Wildman–Crippen LogP) is 11.2. The van der Waals surface area contributed by atoms with Gasteiger partial charge in [0.1, 0.15) is 0 Å². The van der Waals surface area contributed by atoms with Gasteiger partial charge >= 0.3 is 13.7 Å². The summed E-state index contributed by atoms with van der Waals surface area (Å²) in [6.07, 6.45) is 6.69. The van der Waals surface area contributed by atoms with E-state index in [0.717, 1.165) is 11.4 Å². The van der Waals surface area contributed by atoms with Crippen molar-refractivity contribution >= 4 is 86.7 Å². The van der Waals surface area contributed by atoms with E-state index < -0.39 is 0 Å². The Balaban J connectivity index is 1.35. The zero-order valence-corrected chi connectivity index (χ0v) is 33.6. The molecule has 0 aromatic heterocycles. The highest BCUT2D eigenvalue weighted by molar-refractivity contribution is 6.99. The molecule has 4 heterocycles. The normalized spacial score (nSPS) is 14.0. The van der Waals surface area contributed by atoms with E-state index in [9.17, 15) is 0 Å². The lowest BCUT2D eigenvalue weighted by molar-refractivity contribution is 1.19. The maximum Gasteiger partial charge on any atom is 0.333 e. The van der Waals surface area contributed by atoms with Gasteiger partial charge in [0.15, 0.2) is 0 Å². The van der Waals surface area contributed by atoms with E-state index in [4.69, 9.17) is 0 Å². The molecule has 0 atom stereocenters. The highest BCUT2D eigenvalue weighted by Gasteiger charge is 2.54. The van der Waals surface area contributed by atoms with Crippen LogP contribution in [0.4, 0.5) is 51.2 Å². The van der Waals surface area contributed by atoms with Crippen LogP contribution in [0.15, 0.2) is 212 Å². The maximum atomic E-state index is 2.61. The molecule has 0 unspecified atom stereocenters. The number of hydrogen-bond donors (Lipinski definition) is 0. The molecule has 282 valence electrons. The van der Waals surface area contributed by atoms with Gasteiger partial charge in [-0.3, -0.25) is 0 Å². The molecular weight excluding hydrogens is 726 g/mol. The third-order valence-electron chi connectivity index (χ3n) is 12.8. The van der Waals surface area contributed by atoms with Gasteiger partial charge in [-0.15, -0.1) is 0 Å². The number of nitrogens with zero attached hydrogens (tertiary/aromatic N) is 4. The molecule has 4 aliphatic rings. The third kappa shape index (κ3) is 4.76. The Morgan fingerprint density at radius 1 is 0.467 bits per heavy atom. The largest absolute Gasteiger partial charge is 0.376 e. The molecule has 60 heavy (non-hydrogen) atoms. The first kappa shape index (κ1) is 34.6. The summed E-state index contributed by atoms with van der Waals surface area (Å²) >= 11 is 0. The molecule has 0 bridgehead atoms. The minimum Gasteiger partial charge on any atom is -0.376 e. The van der Waals surface area contributed by atoms with Crippen molar-refractivity contribution < 1.29 is 0 Å². The van der Waals surface area contributed by atoms with Crippen LogP contribution in [0, 0.1) is 0 Å². The molecule has 6 heteroatoms. The van der Waals surface area contributed by atoms with Crippen molar-refractivity contribution in [3.8, 4) is 22.3 Å².